The van der Waals surface area contributed by atoms with Crippen molar-refractivity contribution in [3.05, 3.63) is 59.7 Å². The predicted octanol–water partition coefficient (Wildman–Crippen LogP) is 3.36. The number of aliphatic hydroxyl groups is 1. The van der Waals surface area contributed by atoms with Gasteiger partial charge in [-0.3, -0.25) is 4.79 Å². The largest absolute Gasteiger partial charge is 0.388 e. The molecule has 1 atom stereocenters. The second-order valence-electron chi connectivity index (χ2n) is 6.40. The van der Waals surface area contributed by atoms with Crippen molar-refractivity contribution in [3.63, 3.8) is 0 Å². The van der Waals surface area contributed by atoms with Gasteiger partial charge >= 0.3 is 0 Å². The van der Waals surface area contributed by atoms with Gasteiger partial charge in [0.05, 0.1) is 17.2 Å². The SMILES string of the molecule is CC(C)C(C)(O)CNC(=O)c1ccccc1-c1ccccc1C#N. The fourth-order valence-corrected chi connectivity index (χ4v) is 2.29. The fraction of sp³-hybridized carbons (Fsp3) is 0.300. The van der Waals surface area contributed by atoms with E-state index in [1.165, 1.54) is 0 Å². The second kappa shape index (κ2) is 7.29. The molecule has 2 rings (SSSR count). The van der Waals surface area contributed by atoms with E-state index in [1.54, 1.807) is 31.2 Å². The molecule has 0 spiro atoms. The van der Waals surface area contributed by atoms with Crippen LogP contribution in [0.4, 0.5) is 0 Å². The summed E-state index contributed by atoms with van der Waals surface area (Å²) in [6.45, 7) is 5.68. The Labute approximate surface area is 142 Å². The maximum absolute atomic E-state index is 12.6. The van der Waals surface area contributed by atoms with Gasteiger partial charge in [0.1, 0.15) is 0 Å². The zero-order valence-electron chi connectivity index (χ0n) is 14.2. The van der Waals surface area contributed by atoms with Crippen LogP contribution in [0, 0.1) is 17.2 Å². The summed E-state index contributed by atoms with van der Waals surface area (Å²) in [6, 6.07) is 16.5. The summed E-state index contributed by atoms with van der Waals surface area (Å²) in [6.07, 6.45) is 0. The Kier molecular flexibility index (Phi) is 5.38. The molecule has 124 valence electrons. The van der Waals surface area contributed by atoms with E-state index in [9.17, 15) is 15.2 Å². The first-order valence-corrected chi connectivity index (χ1v) is 7.96. The molecule has 2 N–H and O–H groups in total. The van der Waals surface area contributed by atoms with Crippen LogP contribution >= 0.6 is 0 Å². The molecule has 0 radical (unpaired) electrons. The molecule has 0 saturated carbocycles. The van der Waals surface area contributed by atoms with E-state index in [2.05, 4.69) is 11.4 Å². The number of carbonyl (C=O) groups excluding carboxylic acids is 1. The van der Waals surface area contributed by atoms with Gasteiger partial charge in [-0.1, -0.05) is 50.2 Å². The number of nitrogens with one attached hydrogen (secondary N) is 1. The van der Waals surface area contributed by atoms with E-state index in [4.69, 9.17) is 0 Å². The Balaban J connectivity index is 2.33. The van der Waals surface area contributed by atoms with Gasteiger partial charge in [0, 0.05) is 17.7 Å². The molecule has 0 bridgehead atoms. The third-order valence-electron chi connectivity index (χ3n) is 4.36. The first-order chi connectivity index (χ1) is 11.4. The van der Waals surface area contributed by atoms with E-state index in [1.807, 2.05) is 38.1 Å². The number of amides is 1. The molecule has 1 amide bonds. The second-order valence-corrected chi connectivity index (χ2v) is 6.40. The minimum absolute atomic E-state index is 0.0207. The summed E-state index contributed by atoms with van der Waals surface area (Å²) in [5.41, 5.74) is 1.46. The molecule has 4 heteroatoms. The fourth-order valence-electron chi connectivity index (χ4n) is 2.29. The van der Waals surface area contributed by atoms with Crippen molar-refractivity contribution >= 4 is 5.91 Å². The van der Waals surface area contributed by atoms with Crippen molar-refractivity contribution < 1.29 is 9.90 Å². The summed E-state index contributed by atoms with van der Waals surface area (Å²) >= 11 is 0. The Hall–Kier alpha value is -2.64. The van der Waals surface area contributed by atoms with Crippen molar-refractivity contribution in [2.45, 2.75) is 26.4 Å². The summed E-state index contributed by atoms with van der Waals surface area (Å²) in [4.78, 5) is 12.6. The maximum Gasteiger partial charge on any atom is 0.252 e. The van der Waals surface area contributed by atoms with Gasteiger partial charge in [-0.05, 0) is 30.5 Å². The number of nitriles is 1. The van der Waals surface area contributed by atoms with Crippen LogP contribution in [-0.4, -0.2) is 23.2 Å². The van der Waals surface area contributed by atoms with Gasteiger partial charge in [0.2, 0.25) is 0 Å². The van der Waals surface area contributed by atoms with Gasteiger partial charge < -0.3 is 10.4 Å². The molecule has 24 heavy (non-hydrogen) atoms. The van der Waals surface area contributed by atoms with Crippen LogP contribution in [0.3, 0.4) is 0 Å². The molecule has 0 saturated heterocycles. The molecule has 2 aromatic rings. The van der Waals surface area contributed by atoms with Gasteiger partial charge in [0.15, 0.2) is 0 Å². The lowest BCUT2D eigenvalue weighted by molar-refractivity contribution is 0.0142. The van der Waals surface area contributed by atoms with E-state index < -0.39 is 5.60 Å². The number of benzene rings is 2. The van der Waals surface area contributed by atoms with Crippen molar-refractivity contribution in [3.8, 4) is 17.2 Å². The Morgan fingerprint density at radius 3 is 2.38 bits per heavy atom. The van der Waals surface area contributed by atoms with Gasteiger partial charge in [-0.25, -0.2) is 0 Å². The van der Waals surface area contributed by atoms with Crippen LogP contribution in [0.5, 0.6) is 0 Å². The average molecular weight is 322 g/mol. The minimum atomic E-state index is -0.977. The Bertz CT molecular complexity index is 773. The first kappa shape index (κ1) is 17.7. The van der Waals surface area contributed by atoms with Gasteiger partial charge in [-0.15, -0.1) is 0 Å². The lowest BCUT2D eigenvalue weighted by Gasteiger charge is -2.28. The van der Waals surface area contributed by atoms with Crippen LogP contribution < -0.4 is 5.32 Å². The molecular formula is C20H22N2O2. The normalized spacial score (nSPS) is 13.2. The van der Waals surface area contributed by atoms with Crippen molar-refractivity contribution in [1.29, 1.82) is 5.26 Å². The third-order valence-corrected chi connectivity index (χ3v) is 4.36. The minimum Gasteiger partial charge on any atom is -0.388 e. The van der Waals surface area contributed by atoms with E-state index in [0.29, 0.717) is 16.7 Å². The lowest BCUT2D eigenvalue weighted by atomic mass is 9.92. The Morgan fingerprint density at radius 1 is 1.17 bits per heavy atom. The topological polar surface area (TPSA) is 73.1 Å². The zero-order valence-corrected chi connectivity index (χ0v) is 14.2. The third kappa shape index (κ3) is 3.81. The average Bonchev–Trinajstić information content (AvgIpc) is 2.59. The van der Waals surface area contributed by atoms with E-state index >= 15 is 0 Å². The summed E-state index contributed by atoms with van der Waals surface area (Å²) in [5.74, 6) is -0.244. The highest BCUT2D eigenvalue weighted by Gasteiger charge is 2.26. The highest BCUT2D eigenvalue weighted by molar-refractivity contribution is 6.01. The standard InChI is InChI=1S/C20H22N2O2/c1-14(2)20(3,24)13-22-19(23)18-11-7-6-10-17(18)16-9-5-4-8-15(16)12-21/h4-11,14,24H,13H2,1-3H3,(H,22,23). The van der Waals surface area contributed by atoms with Gasteiger partial charge in [-0.2, -0.15) is 5.26 Å². The molecule has 4 nitrogen and oxygen atoms in total. The smallest absolute Gasteiger partial charge is 0.252 e. The van der Waals surface area contributed by atoms with Gasteiger partial charge in [0.25, 0.3) is 5.91 Å². The van der Waals surface area contributed by atoms with Crippen molar-refractivity contribution in [2.75, 3.05) is 6.54 Å². The van der Waals surface area contributed by atoms with Crippen LogP contribution in [0.15, 0.2) is 48.5 Å². The number of hydrogen-bond donors (Lipinski definition) is 2. The molecular weight excluding hydrogens is 300 g/mol. The maximum atomic E-state index is 12.6. The molecule has 2 aromatic carbocycles. The van der Waals surface area contributed by atoms with E-state index in [-0.39, 0.29) is 18.4 Å². The molecule has 0 aromatic heterocycles. The summed E-state index contributed by atoms with van der Waals surface area (Å²) in [7, 11) is 0. The quantitative estimate of drug-likeness (QED) is 0.886. The Morgan fingerprint density at radius 2 is 1.75 bits per heavy atom. The van der Waals surface area contributed by atoms with Crippen LogP contribution in [-0.2, 0) is 0 Å². The molecule has 0 fully saturated rings. The molecule has 0 heterocycles. The summed E-state index contributed by atoms with van der Waals surface area (Å²) in [5, 5.41) is 22.4. The van der Waals surface area contributed by atoms with Crippen LogP contribution in [0.25, 0.3) is 11.1 Å². The van der Waals surface area contributed by atoms with Crippen molar-refractivity contribution in [2.24, 2.45) is 5.92 Å². The van der Waals surface area contributed by atoms with E-state index in [0.717, 1.165) is 5.56 Å². The predicted molar refractivity (Wildman–Crippen MR) is 94.4 cm³/mol. The lowest BCUT2D eigenvalue weighted by Crippen LogP contribution is -2.44. The number of rotatable bonds is 5. The van der Waals surface area contributed by atoms with Crippen LogP contribution in [0.2, 0.25) is 0 Å². The molecule has 0 aliphatic heterocycles. The monoisotopic (exact) mass is 322 g/mol. The highest BCUT2D eigenvalue weighted by Crippen LogP contribution is 2.27. The number of hydrogen-bond acceptors (Lipinski definition) is 3. The highest BCUT2D eigenvalue weighted by atomic mass is 16.3. The molecule has 0 aliphatic rings. The first-order valence-electron chi connectivity index (χ1n) is 7.96. The number of carbonyl (C=O) groups is 1. The van der Waals surface area contributed by atoms with Crippen LogP contribution in [0.1, 0.15) is 36.7 Å². The summed E-state index contributed by atoms with van der Waals surface area (Å²) < 4.78 is 0. The van der Waals surface area contributed by atoms with Crippen molar-refractivity contribution in [1.82, 2.24) is 5.32 Å². The molecule has 1 unspecified atom stereocenters. The molecule has 0 aliphatic carbocycles. The zero-order chi connectivity index (χ0) is 17.7. The number of nitrogens with zero attached hydrogens (tertiary/aromatic N) is 1.